The Labute approximate surface area is 210 Å². The third-order valence-electron chi connectivity index (χ3n) is 5.54. The summed E-state index contributed by atoms with van der Waals surface area (Å²) in [6.45, 7) is 9.67. The van der Waals surface area contributed by atoms with Crippen molar-refractivity contribution in [3.8, 4) is 22.9 Å². The Balaban J connectivity index is 2.28. The van der Waals surface area contributed by atoms with Gasteiger partial charge in [-0.05, 0) is 56.9 Å². The summed E-state index contributed by atoms with van der Waals surface area (Å²) in [5.74, 6) is 0.0801. The summed E-state index contributed by atoms with van der Waals surface area (Å²) >= 11 is 0. The molecule has 36 heavy (non-hydrogen) atoms. The molecule has 0 amide bonds. The molecule has 0 saturated heterocycles. The van der Waals surface area contributed by atoms with E-state index in [1.807, 2.05) is 20.8 Å². The number of halogens is 4. The highest BCUT2D eigenvalue weighted by Crippen LogP contribution is 2.34. The van der Waals surface area contributed by atoms with Crippen LogP contribution in [0.4, 0.5) is 17.6 Å². The Morgan fingerprint density at radius 3 is 1.64 bits per heavy atom. The molecule has 0 aliphatic carbocycles. The second-order valence-corrected chi connectivity index (χ2v) is 10.3. The first-order valence-corrected chi connectivity index (χ1v) is 12.2. The van der Waals surface area contributed by atoms with Crippen molar-refractivity contribution in [3.05, 3.63) is 35.7 Å². The number of hydrogen-bond acceptors (Lipinski definition) is 6. The van der Waals surface area contributed by atoms with E-state index in [4.69, 9.17) is 20.9 Å². The van der Waals surface area contributed by atoms with Crippen molar-refractivity contribution in [1.82, 2.24) is 9.97 Å². The van der Waals surface area contributed by atoms with Crippen LogP contribution < -0.4 is 20.9 Å². The maximum atomic E-state index is 13.8. The lowest BCUT2D eigenvalue weighted by Gasteiger charge is -2.27. The quantitative estimate of drug-likeness (QED) is 0.281. The molecule has 0 bridgehead atoms. The third kappa shape index (κ3) is 8.89. The summed E-state index contributed by atoms with van der Waals surface area (Å²) in [5.41, 5.74) is 9.81. The first kappa shape index (κ1) is 29.8. The zero-order chi connectivity index (χ0) is 27.1. The first-order chi connectivity index (χ1) is 16.7. The Kier molecular flexibility index (Phi) is 10.5. The van der Waals surface area contributed by atoms with Crippen LogP contribution in [-0.4, -0.2) is 34.3 Å². The summed E-state index contributed by atoms with van der Waals surface area (Å²) < 4.78 is 66.3. The van der Waals surface area contributed by atoms with Crippen molar-refractivity contribution in [3.63, 3.8) is 0 Å². The van der Waals surface area contributed by atoms with Crippen LogP contribution in [0.2, 0.25) is 0 Å². The van der Waals surface area contributed by atoms with Crippen molar-refractivity contribution in [2.75, 3.05) is 13.2 Å². The summed E-state index contributed by atoms with van der Waals surface area (Å²) in [5, 5.41) is 0. The number of alkyl halides is 4. The van der Waals surface area contributed by atoms with E-state index in [-0.39, 0.29) is 36.1 Å². The molecular weight excluding hydrogens is 476 g/mol. The predicted molar refractivity (Wildman–Crippen MR) is 133 cm³/mol. The van der Waals surface area contributed by atoms with Crippen LogP contribution in [0.5, 0.6) is 11.5 Å². The summed E-state index contributed by atoms with van der Waals surface area (Å²) in [6, 6.07) is 5.47. The minimum Gasteiger partial charge on any atom is -0.490 e. The Bertz CT molecular complexity index is 984. The highest BCUT2D eigenvalue weighted by Gasteiger charge is 2.26. The van der Waals surface area contributed by atoms with Gasteiger partial charge in [-0.25, -0.2) is 27.5 Å². The van der Waals surface area contributed by atoms with Crippen LogP contribution >= 0.6 is 0 Å². The average molecular weight is 515 g/mol. The van der Waals surface area contributed by atoms with Crippen molar-refractivity contribution in [2.45, 2.75) is 84.2 Å². The largest absolute Gasteiger partial charge is 0.490 e. The molecule has 2 heterocycles. The number of nitrogens with zero attached hydrogens (tertiary/aromatic N) is 2. The van der Waals surface area contributed by atoms with E-state index in [9.17, 15) is 17.6 Å². The van der Waals surface area contributed by atoms with Gasteiger partial charge in [0.2, 0.25) is 0 Å². The Hall–Kier alpha value is -2.46. The van der Waals surface area contributed by atoms with E-state index in [1.165, 1.54) is 24.3 Å². The topological polar surface area (TPSA) is 96.3 Å². The normalized spacial score (nSPS) is 15.3. The molecule has 0 spiro atoms. The smallest absolute Gasteiger partial charge is 0.284 e. The second-order valence-electron chi connectivity index (χ2n) is 10.3. The lowest BCUT2D eigenvalue weighted by molar-refractivity contribution is 0.134. The monoisotopic (exact) mass is 514 g/mol. The van der Waals surface area contributed by atoms with Gasteiger partial charge in [-0.1, -0.05) is 33.6 Å². The first-order valence-electron chi connectivity index (χ1n) is 12.2. The van der Waals surface area contributed by atoms with E-state index in [0.717, 1.165) is 12.8 Å². The van der Waals surface area contributed by atoms with Gasteiger partial charge in [-0.2, -0.15) is 0 Å². The molecule has 202 valence electrons. The van der Waals surface area contributed by atoms with Crippen molar-refractivity contribution >= 4 is 0 Å². The van der Waals surface area contributed by atoms with Gasteiger partial charge in [0.05, 0.1) is 11.4 Å². The molecule has 0 unspecified atom stereocenters. The highest BCUT2D eigenvalue weighted by molar-refractivity contribution is 5.57. The number of nitrogens with two attached hydrogens (primary N) is 2. The van der Waals surface area contributed by atoms with Gasteiger partial charge in [0.1, 0.15) is 36.1 Å². The Morgan fingerprint density at radius 1 is 0.806 bits per heavy atom. The molecular formula is C26H38F4N4O2. The lowest BCUT2D eigenvalue weighted by Crippen LogP contribution is -2.43. The molecule has 0 radical (unpaired) electrons. The van der Waals surface area contributed by atoms with Crippen molar-refractivity contribution in [2.24, 2.45) is 17.4 Å². The second kappa shape index (κ2) is 12.7. The van der Waals surface area contributed by atoms with Gasteiger partial charge in [0.25, 0.3) is 12.9 Å². The molecule has 2 rings (SSSR count). The van der Waals surface area contributed by atoms with E-state index in [0.29, 0.717) is 18.8 Å². The van der Waals surface area contributed by atoms with Gasteiger partial charge in [0.15, 0.2) is 0 Å². The van der Waals surface area contributed by atoms with Crippen LogP contribution in [0.3, 0.4) is 0 Å². The van der Waals surface area contributed by atoms with Gasteiger partial charge in [-0.3, -0.25) is 0 Å². The number of pyridine rings is 2. The van der Waals surface area contributed by atoms with Crippen LogP contribution in [0.15, 0.2) is 24.3 Å². The molecule has 0 saturated carbocycles. The molecule has 2 aromatic rings. The average Bonchev–Trinajstić information content (AvgIpc) is 2.79. The Morgan fingerprint density at radius 2 is 1.25 bits per heavy atom. The maximum Gasteiger partial charge on any atom is 0.284 e. The van der Waals surface area contributed by atoms with Gasteiger partial charge >= 0.3 is 0 Å². The molecule has 6 nitrogen and oxygen atoms in total. The van der Waals surface area contributed by atoms with Gasteiger partial charge in [-0.15, -0.1) is 0 Å². The molecule has 0 fully saturated rings. The molecule has 2 aromatic heterocycles. The number of rotatable bonds is 14. The van der Waals surface area contributed by atoms with Crippen LogP contribution in [0.25, 0.3) is 11.4 Å². The standard InChI is InChI=1S/C26H38F4N4O2/c1-6-7-12-25(4,31)14-35-19-10-8-17(33-21(19)23(27)28)18-9-11-20(22(34-18)24(29)30)36-15-26(5,32)13-16(2)3/h8-11,16,23-24H,6-7,12-15,31-32H2,1-5H3/t25-,26-/m0/s1. The van der Waals surface area contributed by atoms with E-state index in [1.54, 1.807) is 13.8 Å². The molecule has 2 atom stereocenters. The summed E-state index contributed by atoms with van der Waals surface area (Å²) in [7, 11) is 0. The van der Waals surface area contributed by atoms with Crippen molar-refractivity contribution in [1.29, 1.82) is 0 Å². The van der Waals surface area contributed by atoms with Crippen molar-refractivity contribution < 1.29 is 27.0 Å². The van der Waals surface area contributed by atoms with Crippen LogP contribution in [0, 0.1) is 5.92 Å². The van der Waals surface area contributed by atoms with E-state index in [2.05, 4.69) is 9.97 Å². The van der Waals surface area contributed by atoms with Crippen LogP contribution in [0.1, 0.15) is 84.5 Å². The fourth-order valence-corrected chi connectivity index (χ4v) is 3.90. The zero-order valence-corrected chi connectivity index (χ0v) is 21.7. The fraction of sp³-hybridized carbons (Fsp3) is 0.615. The molecule has 0 aliphatic heterocycles. The molecule has 0 aromatic carbocycles. The SMILES string of the molecule is CCCC[C@](C)(N)COc1ccc(-c2ccc(OC[C@@](C)(N)CC(C)C)c(C(F)F)n2)nc1C(F)F. The third-order valence-corrected chi connectivity index (χ3v) is 5.54. The fourth-order valence-electron chi connectivity index (χ4n) is 3.90. The lowest BCUT2D eigenvalue weighted by atomic mass is 9.93. The summed E-state index contributed by atoms with van der Waals surface area (Å²) in [4.78, 5) is 7.94. The van der Waals surface area contributed by atoms with E-state index < -0.39 is 35.3 Å². The van der Waals surface area contributed by atoms with Gasteiger partial charge < -0.3 is 20.9 Å². The maximum absolute atomic E-state index is 13.8. The summed E-state index contributed by atoms with van der Waals surface area (Å²) in [6.07, 6.45) is -2.74. The van der Waals surface area contributed by atoms with Crippen LogP contribution in [-0.2, 0) is 0 Å². The molecule has 4 N–H and O–H groups in total. The van der Waals surface area contributed by atoms with E-state index >= 15 is 0 Å². The number of hydrogen-bond donors (Lipinski definition) is 2. The minimum atomic E-state index is -2.95. The molecule has 10 heteroatoms. The zero-order valence-electron chi connectivity index (χ0n) is 21.7. The minimum absolute atomic E-state index is 0.00963. The number of ether oxygens (including phenoxy) is 2. The molecule has 0 aliphatic rings. The number of aromatic nitrogens is 2. The predicted octanol–water partition coefficient (Wildman–Crippen LogP) is 6.45. The highest BCUT2D eigenvalue weighted by atomic mass is 19.3. The number of unbranched alkanes of at least 4 members (excludes halogenated alkanes) is 1. The van der Waals surface area contributed by atoms with Gasteiger partial charge in [0, 0.05) is 11.1 Å².